The van der Waals surface area contributed by atoms with Gasteiger partial charge in [0.15, 0.2) is 11.2 Å². The molecule has 8 heteroatoms. The molecule has 1 atom stereocenters. The lowest BCUT2D eigenvalue weighted by molar-refractivity contribution is 0.458. The van der Waals surface area contributed by atoms with Crippen molar-refractivity contribution in [3.63, 3.8) is 0 Å². The fourth-order valence-electron chi connectivity index (χ4n) is 4.58. The van der Waals surface area contributed by atoms with E-state index < -0.39 is 0 Å². The Bertz CT molecular complexity index is 1180. The zero-order valence-electron chi connectivity index (χ0n) is 19.2. The van der Waals surface area contributed by atoms with Crippen LogP contribution in [-0.2, 0) is 20.1 Å². The summed E-state index contributed by atoms with van der Waals surface area (Å²) in [6, 6.07) is 10.0. The lowest BCUT2D eigenvalue weighted by Gasteiger charge is -2.34. The van der Waals surface area contributed by atoms with E-state index >= 15 is 0 Å². The van der Waals surface area contributed by atoms with Crippen LogP contribution < -0.4 is 21.9 Å². The summed E-state index contributed by atoms with van der Waals surface area (Å²) in [6.45, 7) is 4.01. The van der Waals surface area contributed by atoms with Crippen molar-refractivity contribution in [1.82, 2.24) is 18.7 Å². The van der Waals surface area contributed by atoms with Gasteiger partial charge in [0.2, 0.25) is 5.95 Å². The van der Waals surface area contributed by atoms with E-state index in [0.717, 1.165) is 57.1 Å². The van der Waals surface area contributed by atoms with Gasteiger partial charge in [-0.1, -0.05) is 56.5 Å². The van der Waals surface area contributed by atoms with Crippen LogP contribution in [0.5, 0.6) is 0 Å². The lowest BCUT2D eigenvalue weighted by atomic mass is 10.1. The molecule has 0 aliphatic carbocycles. The molecule has 2 N–H and O–H groups in total. The van der Waals surface area contributed by atoms with Crippen LogP contribution in [0.2, 0.25) is 0 Å². The molecule has 0 amide bonds. The largest absolute Gasteiger partial charge is 0.332 e. The Labute approximate surface area is 188 Å². The Balaban J connectivity index is 1.90. The number of unbranched alkanes of at least 4 members (excludes halogenated alkanes) is 3. The van der Waals surface area contributed by atoms with E-state index in [4.69, 9.17) is 10.7 Å². The molecule has 1 aliphatic heterocycles. The van der Waals surface area contributed by atoms with Crippen LogP contribution in [0.3, 0.4) is 0 Å². The van der Waals surface area contributed by atoms with Crippen LogP contribution in [0.1, 0.15) is 57.4 Å². The van der Waals surface area contributed by atoms with E-state index in [9.17, 15) is 9.59 Å². The van der Waals surface area contributed by atoms with E-state index in [0.29, 0.717) is 30.2 Å². The highest BCUT2D eigenvalue weighted by Gasteiger charge is 2.28. The molecule has 0 spiro atoms. The van der Waals surface area contributed by atoms with Crippen LogP contribution in [0.15, 0.2) is 39.9 Å². The number of aryl methyl sites for hydroxylation is 1. The SMILES string of the molecule is CCCCCCn1c(=O)n(C)c(=O)c2c1nc(N1CCCC[C@H]1N)n2Cc1ccccc1. The minimum atomic E-state index is -0.310. The zero-order chi connectivity index (χ0) is 22.7. The smallest absolute Gasteiger partial charge is 0.327 e. The molecule has 0 saturated carbocycles. The maximum atomic E-state index is 13.3. The topological polar surface area (TPSA) is 91.1 Å². The summed E-state index contributed by atoms with van der Waals surface area (Å²) >= 11 is 0. The third-order valence-electron chi connectivity index (χ3n) is 6.43. The van der Waals surface area contributed by atoms with E-state index in [1.807, 2.05) is 34.9 Å². The molecule has 2 aromatic heterocycles. The molecule has 32 heavy (non-hydrogen) atoms. The first-order valence-corrected chi connectivity index (χ1v) is 11.8. The Morgan fingerprint density at radius 2 is 1.84 bits per heavy atom. The van der Waals surface area contributed by atoms with Gasteiger partial charge in [-0.15, -0.1) is 0 Å². The summed E-state index contributed by atoms with van der Waals surface area (Å²) in [6.07, 6.45) is 7.03. The average molecular weight is 439 g/mol. The number of piperidine rings is 1. The normalized spacial score (nSPS) is 16.7. The van der Waals surface area contributed by atoms with E-state index in [-0.39, 0.29) is 17.4 Å². The van der Waals surface area contributed by atoms with Crippen molar-refractivity contribution in [3.05, 3.63) is 56.7 Å². The summed E-state index contributed by atoms with van der Waals surface area (Å²) in [7, 11) is 1.55. The molecule has 3 aromatic rings. The molecule has 4 rings (SSSR count). The molecule has 0 radical (unpaired) electrons. The van der Waals surface area contributed by atoms with Crippen molar-refractivity contribution >= 4 is 17.1 Å². The maximum absolute atomic E-state index is 13.3. The zero-order valence-corrected chi connectivity index (χ0v) is 19.2. The second-order valence-electron chi connectivity index (χ2n) is 8.77. The van der Waals surface area contributed by atoms with Gasteiger partial charge in [-0.2, -0.15) is 4.98 Å². The van der Waals surface area contributed by atoms with Crippen molar-refractivity contribution < 1.29 is 0 Å². The average Bonchev–Trinajstić information content (AvgIpc) is 3.17. The first kappa shape index (κ1) is 22.3. The first-order valence-electron chi connectivity index (χ1n) is 11.8. The monoisotopic (exact) mass is 438 g/mol. The molecular weight excluding hydrogens is 404 g/mol. The Morgan fingerprint density at radius 1 is 1.06 bits per heavy atom. The number of hydrogen-bond donors (Lipinski definition) is 1. The summed E-state index contributed by atoms with van der Waals surface area (Å²) < 4.78 is 4.85. The minimum Gasteiger partial charge on any atom is -0.327 e. The highest BCUT2D eigenvalue weighted by atomic mass is 16.2. The standard InChI is InChI=1S/C24H34N6O2/c1-3-4-5-10-16-29-21-20(22(31)27(2)24(29)32)30(17-18-12-7-6-8-13-18)23(26-21)28-15-11-9-14-19(28)25/h6-8,12-13,19H,3-5,9-11,14-17,25H2,1-2H3/t19-/m0/s1. The number of aromatic nitrogens is 4. The van der Waals surface area contributed by atoms with Gasteiger partial charge in [-0.05, 0) is 31.2 Å². The summed E-state index contributed by atoms with van der Waals surface area (Å²) in [4.78, 5) is 33.3. The highest BCUT2D eigenvalue weighted by molar-refractivity contribution is 5.75. The van der Waals surface area contributed by atoms with Gasteiger partial charge in [0, 0.05) is 20.1 Å². The van der Waals surface area contributed by atoms with Crippen molar-refractivity contribution in [2.45, 2.75) is 71.1 Å². The fraction of sp³-hybridized carbons (Fsp3) is 0.542. The Hall–Kier alpha value is -2.87. The van der Waals surface area contributed by atoms with Crippen LogP contribution in [0, 0.1) is 0 Å². The predicted molar refractivity (Wildman–Crippen MR) is 128 cm³/mol. The number of benzene rings is 1. The summed E-state index contributed by atoms with van der Waals surface area (Å²) in [5, 5.41) is 0. The van der Waals surface area contributed by atoms with Gasteiger partial charge in [0.05, 0.1) is 12.7 Å². The minimum absolute atomic E-state index is 0.149. The molecular formula is C24H34N6O2. The number of fused-ring (bicyclic) bond motifs is 1. The molecule has 1 fully saturated rings. The second kappa shape index (κ2) is 9.73. The lowest BCUT2D eigenvalue weighted by Crippen LogP contribution is -2.46. The van der Waals surface area contributed by atoms with Crippen molar-refractivity contribution in [2.24, 2.45) is 12.8 Å². The molecule has 1 aliphatic rings. The summed E-state index contributed by atoms with van der Waals surface area (Å²) in [5.41, 5.74) is 7.86. The van der Waals surface area contributed by atoms with Gasteiger partial charge in [0.1, 0.15) is 0 Å². The van der Waals surface area contributed by atoms with Gasteiger partial charge in [-0.25, -0.2) is 4.79 Å². The third kappa shape index (κ3) is 4.24. The predicted octanol–water partition coefficient (Wildman–Crippen LogP) is 2.80. The Morgan fingerprint density at radius 3 is 2.56 bits per heavy atom. The quantitative estimate of drug-likeness (QED) is 0.546. The number of nitrogens with two attached hydrogens (primary N) is 1. The molecule has 0 bridgehead atoms. The van der Waals surface area contributed by atoms with E-state index in [1.54, 1.807) is 11.6 Å². The van der Waals surface area contributed by atoms with E-state index in [2.05, 4.69) is 11.8 Å². The van der Waals surface area contributed by atoms with Crippen molar-refractivity contribution in [3.8, 4) is 0 Å². The van der Waals surface area contributed by atoms with Crippen LogP contribution >= 0.6 is 0 Å². The first-order chi connectivity index (χ1) is 15.5. The van der Waals surface area contributed by atoms with Gasteiger partial charge in [-0.3, -0.25) is 18.5 Å². The molecule has 8 nitrogen and oxygen atoms in total. The fourth-order valence-corrected chi connectivity index (χ4v) is 4.58. The highest BCUT2D eigenvalue weighted by Crippen LogP contribution is 2.26. The number of rotatable bonds is 8. The number of nitrogens with zero attached hydrogens (tertiary/aromatic N) is 5. The molecule has 1 aromatic carbocycles. The van der Waals surface area contributed by atoms with Crippen molar-refractivity contribution in [1.29, 1.82) is 0 Å². The number of hydrogen-bond acceptors (Lipinski definition) is 5. The Kier molecular flexibility index (Phi) is 6.79. The molecule has 0 unspecified atom stereocenters. The molecule has 1 saturated heterocycles. The summed E-state index contributed by atoms with van der Waals surface area (Å²) in [5.74, 6) is 0.682. The number of anilines is 1. The second-order valence-corrected chi connectivity index (χ2v) is 8.77. The van der Waals surface area contributed by atoms with Crippen LogP contribution in [-0.4, -0.2) is 31.4 Å². The van der Waals surface area contributed by atoms with Crippen LogP contribution in [0.4, 0.5) is 5.95 Å². The van der Waals surface area contributed by atoms with Crippen molar-refractivity contribution in [2.75, 3.05) is 11.4 Å². The van der Waals surface area contributed by atoms with Gasteiger partial charge < -0.3 is 10.6 Å². The van der Waals surface area contributed by atoms with Gasteiger partial charge in [0.25, 0.3) is 5.56 Å². The third-order valence-corrected chi connectivity index (χ3v) is 6.43. The van der Waals surface area contributed by atoms with E-state index in [1.165, 1.54) is 4.57 Å². The molecule has 172 valence electrons. The number of imidazole rings is 1. The molecule has 3 heterocycles. The van der Waals surface area contributed by atoms with Gasteiger partial charge >= 0.3 is 5.69 Å². The van der Waals surface area contributed by atoms with Crippen LogP contribution in [0.25, 0.3) is 11.2 Å². The maximum Gasteiger partial charge on any atom is 0.332 e.